The summed E-state index contributed by atoms with van der Waals surface area (Å²) in [6.07, 6.45) is 0. The Kier molecular flexibility index (Phi) is 7.12. The van der Waals surface area contributed by atoms with Gasteiger partial charge < -0.3 is 44.0 Å². The van der Waals surface area contributed by atoms with Crippen molar-refractivity contribution in [2.75, 3.05) is 52.7 Å². The first-order valence-electron chi connectivity index (χ1n) is 5.00. The fourth-order valence-electron chi connectivity index (χ4n) is 1.19. The van der Waals surface area contributed by atoms with Gasteiger partial charge >= 0.3 is 0 Å². The van der Waals surface area contributed by atoms with Crippen molar-refractivity contribution in [1.82, 2.24) is 4.90 Å². The van der Waals surface area contributed by atoms with E-state index in [1.807, 2.05) is 4.90 Å². The van der Waals surface area contributed by atoms with E-state index in [4.69, 9.17) is 39.1 Å². The largest absolute Gasteiger partial charge is 0.411 e. The fraction of sp³-hybridized carbons (Fsp3) is 0.889. The van der Waals surface area contributed by atoms with E-state index < -0.39 is 0 Å². The molecule has 0 saturated carbocycles. The van der Waals surface area contributed by atoms with Gasteiger partial charge in [-0.05, 0) is 0 Å². The minimum absolute atomic E-state index is 0.482. The molecule has 88 valence electrons. The molecule has 15 heavy (non-hydrogen) atoms. The summed E-state index contributed by atoms with van der Waals surface area (Å²) in [6.45, 7) is 5.15. The molecular weight excluding hydrogens is 234 g/mol. The van der Waals surface area contributed by atoms with Crippen molar-refractivity contribution in [1.29, 1.82) is 0 Å². The van der Waals surface area contributed by atoms with Crippen molar-refractivity contribution < 1.29 is 14.2 Å². The van der Waals surface area contributed by atoms with E-state index in [0.29, 0.717) is 44.0 Å². The molecule has 0 aromatic carbocycles. The number of rotatable bonds is 0. The summed E-state index contributed by atoms with van der Waals surface area (Å²) >= 11 is 9.93. The van der Waals surface area contributed by atoms with Crippen molar-refractivity contribution in [2.45, 2.75) is 0 Å². The van der Waals surface area contributed by atoms with Gasteiger partial charge in [0.2, 0.25) is 0 Å². The van der Waals surface area contributed by atoms with Gasteiger partial charge in [0.25, 0.3) is 0 Å². The van der Waals surface area contributed by atoms with Crippen LogP contribution < -0.4 is 0 Å². The van der Waals surface area contributed by atoms with Crippen LogP contribution in [0.25, 0.3) is 0 Å². The van der Waals surface area contributed by atoms with E-state index in [1.165, 1.54) is 0 Å². The third-order valence-corrected chi connectivity index (χ3v) is 2.53. The maximum absolute atomic E-state index is 5.37. The molecule has 0 aromatic rings. The molecule has 0 aliphatic carbocycles. The second-order valence-corrected chi connectivity index (χ2v) is 4.12. The number of nitrogens with zero attached hydrogens (tertiary/aromatic N) is 1. The topological polar surface area (TPSA) is 30.9 Å². The molecule has 0 radical (unpaired) electrons. The minimum Gasteiger partial charge on any atom is -0.411 e. The molecule has 0 spiro atoms. The third-order valence-electron chi connectivity index (χ3n) is 2.01. The van der Waals surface area contributed by atoms with Gasteiger partial charge in [-0.3, -0.25) is 0 Å². The zero-order valence-electron chi connectivity index (χ0n) is 8.65. The summed E-state index contributed by atoms with van der Waals surface area (Å²) < 4.78 is 16.5. The van der Waals surface area contributed by atoms with E-state index in [9.17, 15) is 0 Å². The summed E-state index contributed by atoms with van der Waals surface area (Å²) in [4.78, 5) is 1.92. The number of hydrogen-bond acceptors (Lipinski definition) is 5. The van der Waals surface area contributed by atoms with Crippen LogP contribution in [0.2, 0.25) is 0 Å². The Morgan fingerprint density at radius 1 is 0.867 bits per heavy atom. The van der Waals surface area contributed by atoms with Crippen LogP contribution in [-0.2, 0) is 26.8 Å². The van der Waals surface area contributed by atoms with Gasteiger partial charge in [-0.15, -0.1) is 0 Å². The monoisotopic (exact) mass is 250 g/mol. The Hall–Kier alpha value is -0.0100. The zero-order chi connectivity index (χ0) is 10.9. The molecule has 0 N–H and O–H groups in total. The van der Waals surface area contributed by atoms with Gasteiger partial charge in [-0.25, -0.2) is 0 Å². The average Bonchev–Trinajstić information content (AvgIpc) is 2.18. The summed E-state index contributed by atoms with van der Waals surface area (Å²) in [5, 5.41) is 0. The lowest BCUT2D eigenvalue weighted by Crippen LogP contribution is -2.35. The molecule has 0 amide bonds. The Morgan fingerprint density at radius 2 is 1.27 bits per heavy atom. The summed E-state index contributed by atoms with van der Waals surface area (Å²) in [5.41, 5.74) is 0. The molecular formula is C9H16NO3S2-. The molecule has 1 saturated heterocycles. The highest BCUT2D eigenvalue weighted by molar-refractivity contribution is 8.00. The van der Waals surface area contributed by atoms with Crippen LogP contribution in [0.5, 0.6) is 0 Å². The summed E-state index contributed by atoms with van der Waals surface area (Å²) in [7, 11) is 0. The fourth-order valence-corrected chi connectivity index (χ4v) is 1.55. The molecule has 0 unspecified atom stereocenters. The van der Waals surface area contributed by atoms with Crippen molar-refractivity contribution in [3.63, 3.8) is 0 Å². The molecule has 0 aromatic heterocycles. The molecule has 1 heterocycles. The predicted molar refractivity (Wildman–Crippen MR) is 64.0 cm³/mol. The Balaban J connectivity index is 2.28. The molecule has 1 rings (SSSR count). The van der Waals surface area contributed by atoms with Gasteiger partial charge in [-0.2, -0.15) is 0 Å². The standard InChI is InChI=1S/C9H17NO3S2/c14-9(15)10-1-3-11-5-7-13-8-6-12-4-2-10/h1-8H2,(H,14,15)/p-1. The second kappa shape index (κ2) is 8.18. The average molecular weight is 250 g/mol. The van der Waals surface area contributed by atoms with Crippen LogP contribution in [0.15, 0.2) is 0 Å². The van der Waals surface area contributed by atoms with Crippen molar-refractivity contribution in [3.05, 3.63) is 0 Å². The van der Waals surface area contributed by atoms with Crippen molar-refractivity contribution in [3.8, 4) is 0 Å². The number of hydrogen-bond donors (Lipinski definition) is 0. The molecule has 0 bridgehead atoms. The van der Waals surface area contributed by atoms with Crippen LogP contribution in [0.1, 0.15) is 0 Å². The van der Waals surface area contributed by atoms with Gasteiger partial charge in [0.05, 0.1) is 39.6 Å². The van der Waals surface area contributed by atoms with Gasteiger partial charge in [0, 0.05) is 13.1 Å². The van der Waals surface area contributed by atoms with E-state index in [-0.39, 0.29) is 0 Å². The Morgan fingerprint density at radius 3 is 1.67 bits per heavy atom. The smallest absolute Gasteiger partial charge is 0.0701 e. The van der Waals surface area contributed by atoms with Gasteiger partial charge in [0.1, 0.15) is 0 Å². The van der Waals surface area contributed by atoms with E-state index in [0.717, 1.165) is 13.1 Å². The van der Waals surface area contributed by atoms with Gasteiger partial charge in [-0.1, -0.05) is 4.32 Å². The van der Waals surface area contributed by atoms with Crippen LogP contribution >= 0.6 is 12.2 Å². The SMILES string of the molecule is S=C([S-])N1CCOCCOCCOCC1. The van der Waals surface area contributed by atoms with Crippen LogP contribution in [0, 0.1) is 0 Å². The quantitative estimate of drug-likeness (QED) is 0.450. The molecule has 1 aliphatic heterocycles. The zero-order valence-corrected chi connectivity index (χ0v) is 10.3. The lowest BCUT2D eigenvalue weighted by Gasteiger charge is -2.28. The first-order chi connectivity index (χ1) is 7.30. The molecule has 1 fully saturated rings. The maximum Gasteiger partial charge on any atom is 0.0701 e. The Labute approximate surface area is 101 Å². The lowest BCUT2D eigenvalue weighted by molar-refractivity contribution is 0.00198. The molecule has 0 atom stereocenters. The predicted octanol–water partition coefficient (Wildman–Crippen LogP) is 0.184. The molecule has 1 aliphatic rings. The van der Waals surface area contributed by atoms with Crippen LogP contribution in [0.4, 0.5) is 0 Å². The van der Waals surface area contributed by atoms with Crippen LogP contribution in [-0.4, -0.2) is 62.0 Å². The Bertz CT molecular complexity index is 180. The highest BCUT2D eigenvalue weighted by Gasteiger charge is 2.02. The van der Waals surface area contributed by atoms with Crippen molar-refractivity contribution >= 4 is 29.2 Å². The highest BCUT2D eigenvalue weighted by atomic mass is 32.1. The van der Waals surface area contributed by atoms with E-state index in [2.05, 4.69) is 0 Å². The first kappa shape index (κ1) is 13.1. The van der Waals surface area contributed by atoms with Crippen LogP contribution in [0.3, 0.4) is 0 Å². The normalized spacial score (nSPS) is 21.5. The minimum atomic E-state index is 0.482. The third kappa shape index (κ3) is 6.21. The molecule has 6 heteroatoms. The number of ether oxygens (including phenoxy) is 3. The highest BCUT2D eigenvalue weighted by Crippen LogP contribution is 1.94. The summed E-state index contributed by atoms with van der Waals surface area (Å²) in [6, 6.07) is 0. The summed E-state index contributed by atoms with van der Waals surface area (Å²) in [5.74, 6) is 0. The van der Waals surface area contributed by atoms with E-state index in [1.54, 1.807) is 0 Å². The van der Waals surface area contributed by atoms with Gasteiger partial charge in [0.15, 0.2) is 0 Å². The first-order valence-corrected chi connectivity index (χ1v) is 5.81. The number of thiocarbonyl (C=S) groups is 1. The lowest BCUT2D eigenvalue weighted by atomic mass is 10.5. The second-order valence-electron chi connectivity index (χ2n) is 3.09. The maximum atomic E-state index is 5.37. The van der Waals surface area contributed by atoms with Crippen molar-refractivity contribution in [2.24, 2.45) is 0 Å². The van der Waals surface area contributed by atoms with E-state index >= 15 is 0 Å². The molecule has 4 nitrogen and oxygen atoms in total.